The molecule has 0 amide bonds. The van der Waals surface area contributed by atoms with E-state index < -0.39 is 0 Å². The number of nitrogens with zero attached hydrogens (tertiary/aromatic N) is 1. The van der Waals surface area contributed by atoms with Gasteiger partial charge in [0.15, 0.2) is 0 Å². The molecule has 0 saturated heterocycles. The number of benzene rings is 2. The first-order chi connectivity index (χ1) is 9.59. The standard InChI is InChI=1S/C17H17NOSe/c1-11-6-4-8-14(12(11)2)18(3)15-9-5-7-13-10-20-17(19)16(13)15/h4-9H,10H2,1-3H3. The Morgan fingerprint density at radius 2 is 1.75 bits per heavy atom. The van der Waals surface area contributed by atoms with Gasteiger partial charge in [0.2, 0.25) is 0 Å². The Morgan fingerprint density at radius 1 is 1.05 bits per heavy atom. The molecular formula is C17H17NOSe. The van der Waals surface area contributed by atoms with E-state index in [9.17, 15) is 4.79 Å². The fourth-order valence-electron chi connectivity index (χ4n) is 2.67. The molecule has 0 radical (unpaired) electrons. The van der Waals surface area contributed by atoms with E-state index in [4.69, 9.17) is 0 Å². The van der Waals surface area contributed by atoms with Gasteiger partial charge in [0.05, 0.1) is 0 Å². The summed E-state index contributed by atoms with van der Waals surface area (Å²) in [5.41, 5.74) is 6.91. The van der Waals surface area contributed by atoms with E-state index in [0.717, 1.165) is 16.6 Å². The number of hydrogen-bond acceptors (Lipinski definition) is 2. The van der Waals surface area contributed by atoms with E-state index in [1.54, 1.807) is 0 Å². The van der Waals surface area contributed by atoms with Crippen molar-refractivity contribution in [3.8, 4) is 0 Å². The van der Waals surface area contributed by atoms with Crippen molar-refractivity contribution in [3.05, 3.63) is 58.7 Å². The molecule has 2 aromatic carbocycles. The van der Waals surface area contributed by atoms with Crippen molar-refractivity contribution in [1.82, 2.24) is 0 Å². The van der Waals surface area contributed by atoms with E-state index >= 15 is 0 Å². The summed E-state index contributed by atoms with van der Waals surface area (Å²) < 4.78 is 0.334. The zero-order valence-corrected chi connectivity index (χ0v) is 13.6. The van der Waals surface area contributed by atoms with Gasteiger partial charge in [-0.2, -0.15) is 0 Å². The van der Waals surface area contributed by atoms with Gasteiger partial charge in [0, 0.05) is 0 Å². The second kappa shape index (κ2) is 5.08. The number of carbonyl (C=O) groups is 1. The van der Waals surface area contributed by atoms with Crippen LogP contribution in [0.3, 0.4) is 0 Å². The van der Waals surface area contributed by atoms with Gasteiger partial charge in [-0.3, -0.25) is 0 Å². The topological polar surface area (TPSA) is 20.3 Å². The monoisotopic (exact) mass is 331 g/mol. The molecule has 1 heterocycles. The molecule has 0 N–H and O–H groups in total. The van der Waals surface area contributed by atoms with Gasteiger partial charge >= 0.3 is 126 Å². The van der Waals surface area contributed by atoms with Gasteiger partial charge in [0.1, 0.15) is 0 Å². The van der Waals surface area contributed by atoms with Crippen LogP contribution in [0.1, 0.15) is 27.0 Å². The van der Waals surface area contributed by atoms with Crippen molar-refractivity contribution in [2.75, 3.05) is 11.9 Å². The summed E-state index contributed by atoms with van der Waals surface area (Å²) in [6.07, 6.45) is 0. The van der Waals surface area contributed by atoms with Crippen LogP contribution in [0.15, 0.2) is 36.4 Å². The van der Waals surface area contributed by atoms with E-state index in [-0.39, 0.29) is 15.0 Å². The van der Waals surface area contributed by atoms with Crippen molar-refractivity contribution in [2.45, 2.75) is 19.2 Å². The average Bonchev–Trinajstić information content (AvgIpc) is 2.83. The van der Waals surface area contributed by atoms with Crippen LogP contribution in [-0.4, -0.2) is 26.7 Å². The number of rotatable bonds is 2. The maximum absolute atomic E-state index is 12.2. The summed E-state index contributed by atoms with van der Waals surface area (Å²) in [4.78, 5) is 14.3. The van der Waals surface area contributed by atoms with Crippen LogP contribution in [0.25, 0.3) is 0 Å². The van der Waals surface area contributed by atoms with Crippen LogP contribution in [0.5, 0.6) is 0 Å². The Kier molecular flexibility index (Phi) is 3.41. The van der Waals surface area contributed by atoms with E-state index in [1.165, 1.54) is 22.4 Å². The summed E-state index contributed by atoms with van der Waals surface area (Å²) >= 11 is 0.0843. The van der Waals surface area contributed by atoms with Gasteiger partial charge in [-0.15, -0.1) is 0 Å². The number of carbonyl (C=O) groups excluding carboxylic acids is 1. The predicted molar refractivity (Wildman–Crippen MR) is 84.2 cm³/mol. The molecule has 0 atom stereocenters. The van der Waals surface area contributed by atoms with Gasteiger partial charge in [0.25, 0.3) is 0 Å². The Morgan fingerprint density at radius 3 is 2.55 bits per heavy atom. The van der Waals surface area contributed by atoms with Crippen LogP contribution in [0.2, 0.25) is 0 Å². The fraction of sp³-hybridized carbons (Fsp3) is 0.235. The quantitative estimate of drug-likeness (QED) is 0.787. The summed E-state index contributed by atoms with van der Waals surface area (Å²) in [6.45, 7) is 4.26. The normalized spacial score (nSPS) is 13.4. The Hall–Kier alpha value is -1.57. The van der Waals surface area contributed by atoms with Crippen molar-refractivity contribution in [2.24, 2.45) is 0 Å². The molecule has 0 spiro atoms. The zero-order chi connectivity index (χ0) is 14.3. The van der Waals surface area contributed by atoms with Crippen LogP contribution >= 0.6 is 0 Å². The molecule has 0 fully saturated rings. The zero-order valence-electron chi connectivity index (χ0n) is 11.9. The molecule has 0 unspecified atom stereocenters. The van der Waals surface area contributed by atoms with Crippen molar-refractivity contribution in [3.63, 3.8) is 0 Å². The van der Waals surface area contributed by atoms with Crippen LogP contribution in [0, 0.1) is 13.8 Å². The molecule has 0 saturated carbocycles. The second-order valence-electron chi connectivity index (χ2n) is 5.17. The first-order valence-electron chi connectivity index (χ1n) is 6.68. The molecule has 1 aliphatic heterocycles. The molecule has 2 aromatic rings. The van der Waals surface area contributed by atoms with E-state index in [0.29, 0.717) is 4.68 Å². The molecule has 102 valence electrons. The minimum absolute atomic E-state index is 0.0843. The number of aryl methyl sites for hydroxylation is 1. The Labute approximate surface area is 126 Å². The number of hydrogen-bond donors (Lipinski definition) is 0. The molecule has 0 aliphatic carbocycles. The average molecular weight is 330 g/mol. The third-order valence-electron chi connectivity index (χ3n) is 3.99. The van der Waals surface area contributed by atoms with E-state index in [2.05, 4.69) is 62.2 Å². The number of anilines is 2. The molecule has 2 nitrogen and oxygen atoms in total. The van der Waals surface area contributed by atoms with Crippen LogP contribution < -0.4 is 4.90 Å². The fourth-order valence-corrected chi connectivity index (χ4v) is 4.57. The van der Waals surface area contributed by atoms with Crippen molar-refractivity contribution < 1.29 is 4.79 Å². The predicted octanol–water partition coefficient (Wildman–Crippen LogP) is 3.43. The first kappa shape index (κ1) is 13.4. The first-order valence-corrected chi connectivity index (χ1v) is 8.75. The summed E-state index contributed by atoms with van der Waals surface area (Å²) in [7, 11) is 2.05. The number of fused-ring (bicyclic) bond motifs is 1. The molecule has 3 heteroatoms. The molecule has 0 bridgehead atoms. The molecular weight excluding hydrogens is 313 g/mol. The minimum atomic E-state index is 0.0843. The van der Waals surface area contributed by atoms with Crippen molar-refractivity contribution >= 4 is 31.0 Å². The SMILES string of the molecule is Cc1cccc(N(C)c2cccc3c2C(=O)[Se]C3)c1C. The van der Waals surface area contributed by atoms with Crippen LogP contribution in [0.4, 0.5) is 11.4 Å². The van der Waals surface area contributed by atoms with Gasteiger partial charge in [-0.25, -0.2) is 0 Å². The molecule has 3 rings (SSSR count). The summed E-state index contributed by atoms with van der Waals surface area (Å²) in [5.74, 6) is 0. The maximum atomic E-state index is 12.2. The Bertz CT molecular complexity index is 693. The van der Waals surface area contributed by atoms with Gasteiger partial charge in [-0.05, 0) is 0 Å². The van der Waals surface area contributed by atoms with E-state index in [1.807, 2.05) is 0 Å². The second-order valence-corrected chi connectivity index (χ2v) is 7.15. The van der Waals surface area contributed by atoms with Gasteiger partial charge in [-0.1, -0.05) is 0 Å². The third-order valence-corrected chi connectivity index (χ3v) is 5.92. The summed E-state index contributed by atoms with van der Waals surface area (Å²) in [6, 6.07) is 12.5. The van der Waals surface area contributed by atoms with Crippen molar-refractivity contribution in [1.29, 1.82) is 0 Å². The summed E-state index contributed by atoms with van der Waals surface area (Å²) in [5, 5.41) is 0.940. The van der Waals surface area contributed by atoms with Crippen LogP contribution in [-0.2, 0) is 5.32 Å². The molecule has 0 aromatic heterocycles. The molecule has 1 aliphatic rings. The van der Waals surface area contributed by atoms with Gasteiger partial charge < -0.3 is 0 Å². The third kappa shape index (κ3) is 2.07. The molecule has 20 heavy (non-hydrogen) atoms. The Balaban J connectivity index is 2.13.